The summed E-state index contributed by atoms with van der Waals surface area (Å²) in [5.41, 5.74) is 2.31. The van der Waals surface area contributed by atoms with Crippen molar-refractivity contribution in [3.63, 3.8) is 0 Å². The molecule has 1 heterocycles. The maximum atomic E-state index is 12.8. The fourth-order valence-electron chi connectivity index (χ4n) is 2.30. The van der Waals surface area contributed by atoms with Crippen LogP contribution in [0.15, 0.2) is 41.4 Å². The van der Waals surface area contributed by atoms with E-state index in [-0.39, 0.29) is 0 Å². The Kier molecular flexibility index (Phi) is 4.18. The summed E-state index contributed by atoms with van der Waals surface area (Å²) in [5.74, 6) is 0.397. The van der Waals surface area contributed by atoms with Crippen molar-refractivity contribution in [1.82, 2.24) is 4.98 Å². The van der Waals surface area contributed by atoms with Crippen LogP contribution in [0.3, 0.4) is 0 Å². The lowest BCUT2D eigenvalue weighted by atomic mass is 10.1. The van der Waals surface area contributed by atoms with Crippen molar-refractivity contribution in [1.29, 1.82) is 0 Å². The molecule has 1 aromatic heterocycles. The normalized spacial score (nSPS) is 11.2. The molecule has 0 unspecified atom stereocenters. The minimum Gasteiger partial charge on any atom is -0.388 e. The van der Waals surface area contributed by atoms with E-state index >= 15 is 0 Å². The van der Waals surface area contributed by atoms with E-state index in [2.05, 4.69) is 10.3 Å². The molecular weight excluding hydrogens is 286 g/mol. The van der Waals surface area contributed by atoms with Crippen LogP contribution in [-0.2, 0) is 10.0 Å². The molecule has 0 saturated heterocycles. The summed E-state index contributed by atoms with van der Waals surface area (Å²) in [6.07, 6.45) is 1.57. The first-order valence-corrected chi connectivity index (χ1v) is 8.01. The molecule has 0 aliphatic carbocycles. The summed E-state index contributed by atoms with van der Waals surface area (Å²) in [7, 11) is -0.311. The molecule has 0 spiro atoms. The zero-order chi connectivity index (χ0) is 15.6. The molecule has 0 atom stereocenters. The Hall–Kier alpha value is -2.08. The third-order valence-corrected chi connectivity index (χ3v) is 5.41. The van der Waals surface area contributed by atoms with E-state index in [1.54, 1.807) is 38.2 Å². The number of nitrogens with zero attached hydrogens (tertiary/aromatic N) is 2. The van der Waals surface area contributed by atoms with Crippen LogP contribution in [0.4, 0.5) is 11.5 Å². The van der Waals surface area contributed by atoms with E-state index in [9.17, 15) is 8.42 Å². The summed E-state index contributed by atoms with van der Waals surface area (Å²) in [6.45, 7) is 3.60. The van der Waals surface area contributed by atoms with Gasteiger partial charge in [0.25, 0.3) is 10.0 Å². The van der Waals surface area contributed by atoms with Crippen molar-refractivity contribution in [2.75, 3.05) is 23.7 Å². The number of hydrogen-bond donors (Lipinski definition) is 1. The fourth-order valence-corrected chi connectivity index (χ4v) is 3.86. The molecular formula is C15H19N3O2S. The Morgan fingerprint density at radius 2 is 1.76 bits per heavy atom. The molecule has 6 heteroatoms. The Bertz CT molecular complexity index is 720. The highest BCUT2D eigenvalue weighted by molar-refractivity contribution is 7.92. The molecule has 1 aromatic carbocycles. The van der Waals surface area contributed by atoms with Gasteiger partial charge in [-0.3, -0.25) is 4.31 Å². The van der Waals surface area contributed by atoms with Gasteiger partial charge in [-0.2, -0.15) is 0 Å². The first-order chi connectivity index (χ1) is 9.87. The minimum atomic E-state index is -3.64. The van der Waals surface area contributed by atoms with Crippen molar-refractivity contribution in [2.24, 2.45) is 0 Å². The molecule has 21 heavy (non-hydrogen) atoms. The molecule has 0 saturated carbocycles. The van der Waals surface area contributed by atoms with E-state index in [0.29, 0.717) is 21.8 Å². The third kappa shape index (κ3) is 2.85. The minimum absolute atomic E-state index is 0.328. The van der Waals surface area contributed by atoms with Crippen molar-refractivity contribution in [3.05, 3.63) is 47.7 Å². The summed E-state index contributed by atoms with van der Waals surface area (Å²) < 4.78 is 26.9. The molecule has 0 fully saturated rings. The molecule has 0 amide bonds. The highest BCUT2D eigenvalue weighted by Crippen LogP contribution is 2.28. The average Bonchev–Trinajstić information content (AvgIpc) is 2.46. The Balaban J connectivity index is 2.55. The molecule has 0 radical (unpaired) electrons. The number of benzene rings is 1. The van der Waals surface area contributed by atoms with Gasteiger partial charge >= 0.3 is 0 Å². The van der Waals surface area contributed by atoms with Crippen LogP contribution in [0.2, 0.25) is 0 Å². The van der Waals surface area contributed by atoms with Crippen molar-refractivity contribution in [3.8, 4) is 0 Å². The van der Waals surface area contributed by atoms with E-state index in [4.69, 9.17) is 0 Å². The van der Waals surface area contributed by atoms with Crippen LogP contribution in [0.5, 0.6) is 0 Å². The average molecular weight is 305 g/mol. The topological polar surface area (TPSA) is 62.3 Å². The molecule has 0 aliphatic rings. The number of nitrogens with one attached hydrogen (secondary N) is 1. The van der Waals surface area contributed by atoms with Gasteiger partial charge in [-0.15, -0.1) is 0 Å². The first kappa shape index (κ1) is 15.3. The summed E-state index contributed by atoms with van der Waals surface area (Å²) in [5, 5.41) is 3.03. The van der Waals surface area contributed by atoms with Crippen LogP contribution in [-0.4, -0.2) is 27.5 Å². The quantitative estimate of drug-likeness (QED) is 0.943. The lowest BCUT2D eigenvalue weighted by molar-refractivity contribution is 0.592. The van der Waals surface area contributed by atoms with Crippen molar-refractivity contribution >= 4 is 21.5 Å². The number of pyridine rings is 1. The molecule has 2 rings (SSSR count). The SMILES string of the molecule is CNc1cc(C)c(S(=O)(=O)N(C)c2ccccn2)c(C)c1. The Labute approximate surface area is 125 Å². The highest BCUT2D eigenvalue weighted by atomic mass is 32.2. The van der Waals surface area contributed by atoms with Gasteiger partial charge in [0, 0.05) is 26.0 Å². The van der Waals surface area contributed by atoms with Crippen molar-refractivity contribution in [2.45, 2.75) is 18.7 Å². The van der Waals surface area contributed by atoms with E-state index < -0.39 is 10.0 Å². The lowest BCUT2D eigenvalue weighted by Crippen LogP contribution is -2.28. The zero-order valence-electron chi connectivity index (χ0n) is 12.6. The van der Waals surface area contributed by atoms with E-state index in [1.807, 2.05) is 19.2 Å². The molecule has 0 bridgehead atoms. The number of sulfonamides is 1. The maximum Gasteiger partial charge on any atom is 0.265 e. The molecule has 5 nitrogen and oxygen atoms in total. The largest absolute Gasteiger partial charge is 0.388 e. The third-order valence-electron chi connectivity index (χ3n) is 3.34. The zero-order valence-corrected chi connectivity index (χ0v) is 13.4. The Morgan fingerprint density at radius 1 is 1.14 bits per heavy atom. The summed E-state index contributed by atoms with van der Waals surface area (Å²) >= 11 is 0. The first-order valence-electron chi connectivity index (χ1n) is 6.57. The monoisotopic (exact) mass is 305 g/mol. The standard InChI is InChI=1S/C15H19N3O2S/c1-11-9-13(16-3)10-12(2)15(11)21(19,20)18(4)14-7-5-6-8-17-14/h5-10,16H,1-4H3. The number of rotatable bonds is 4. The van der Waals surface area contributed by atoms with Crippen LogP contribution in [0.1, 0.15) is 11.1 Å². The summed E-state index contributed by atoms with van der Waals surface area (Å²) in [4.78, 5) is 4.43. The van der Waals surface area contributed by atoms with Gasteiger partial charge < -0.3 is 5.32 Å². The van der Waals surface area contributed by atoms with Gasteiger partial charge in [-0.25, -0.2) is 13.4 Å². The van der Waals surface area contributed by atoms with Gasteiger partial charge in [-0.1, -0.05) is 6.07 Å². The highest BCUT2D eigenvalue weighted by Gasteiger charge is 2.26. The Morgan fingerprint density at radius 3 is 2.24 bits per heavy atom. The number of aryl methyl sites for hydroxylation is 2. The van der Waals surface area contributed by atoms with Gasteiger partial charge in [-0.05, 0) is 49.2 Å². The molecule has 2 aromatic rings. The second-order valence-corrected chi connectivity index (χ2v) is 6.76. The number of anilines is 2. The lowest BCUT2D eigenvalue weighted by Gasteiger charge is -2.21. The second-order valence-electron chi connectivity index (χ2n) is 4.85. The summed E-state index contributed by atoms with van der Waals surface area (Å²) in [6, 6.07) is 8.84. The predicted octanol–water partition coefficient (Wildman–Crippen LogP) is 2.57. The van der Waals surface area contributed by atoms with Gasteiger partial charge in [0.15, 0.2) is 0 Å². The molecule has 112 valence electrons. The van der Waals surface area contributed by atoms with Crippen LogP contribution in [0, 0.1) is 13.8 Å². The van der Waals surface area contributed by atoms with Gasteiger partial charge in [0.1, 0.15) is 5.82 Å². The smallest absolute Gasteiger partial charge is 0.265 e. The van der Waals surface area contributed by atoms with Crippen LogP contribution < -0.4 is 9.62 Å². The number of aromatic nitrogens is 1. The van der Waals surface area contributed by atoms with Crippen LogP contribution in [0.25, 0.3) is 0 Å². The number of hydrogen-bond acceptors (Lipinski definition) is 4. The van der Waals surface area contributed by atoms with Crippen molar-refractivity contribution < 1.29 is 8.42 Å². The fraction of sp³-hybridized carbons (Fsp3) is 0.267. The molecule has 1 N–H and O–H groups in total. The second kappa shape index (κ2) is 5.73. The van der Waals surface area contributed by atoms with Crippen LogP contribution >= 0.6 is 0 Å². The van der Waals surface area contributed by atoms with Gasteiger partial charge in [0.2, 0.25) is 0 Å². The molecule has 0 aliphatic heterocycles. The van der Waals surface area contributed by atoms with Gasteiger partial charge in [0.05, 0.1) is 4.90 Å². The maximum absolute atomic E-state index is 12.8. The van der Waals surface area contributed by atoms with E-state index in [0.717, 1.165) is 5.69 Å². The predicted molar refractivity (Wildman–Crippen MR) is 85.3 cm³/mol. The van der Waals surface area contributed by atoms with E-state index in [1.165, 1.54) is 11.4 Å².